The second kappa shape index (κ2) is 7.43. The summed E-state index contributed by atoms with van der Waals surface area (Å²) in [6.45, 7) is 1.64. The van der Waals surface area contributed by atoms with Crippen LogP contribution in [0.4, 0.5) is 5.69 Å². The molecule has 0 saturated carbocycles. The van der Waals surface area contributed by atoms with Gasteiger partial charge in [0, 0.05) is 18.2 Å². The van der Waals surface area contributed by atoms with Gasteiger partial charge in [0.25, 0.3) is 11.8 Å². The number of carbonyl (C=O) groups excluding carboxylic acids is 2. The van der Waals surface area contributed by atoms with Crippen LogP contribution >= 0.6 is 0 Å². The first kappa shape index (κ1) is 17.6. The summed E-state index contributed by atoms with van der Waals surface area (Å²) in [4.78, 5) is 32.8. The van der Waals surface area contributed by atoms with Gasteiger partial charge in [0.05, 0.1) is 0 Å². The van der Waals surface area contributed by atoms with Crippen LogP contribution in [0.1, 0.15) is 27.5 Å². The summed E-state index contributed by atoms with van der Waals surface area (Å²) < 4.78 is 10.7. The predicted molar refractivity (Wildman–Crippen MR) is 101 cm³/mol. The number of anilines is 1. The highest BCUT2D eigenvalue weighted by Crippen LogP contribution is 2.24. The number of pyridine rings is 1. The number of nitrogens with one attached hydrogen (secondary N) is 1. The zero-order chi connectivity index (χ0) is 19.5. The third-order valence-electron chi connectivity index (χ3n) is 4.09. The molecule has 0 atom stereocenters. The standard InChI is InChI=1S/C20H16N4O4/c1-12-7-8-15-20(21-12)27-11-17(19(26)22-15)23-18(25)16-10-14(28-24-16)9-13-5-3-2-4-6-13/h2-8,10H,9,11H2,1H3,(H,22,26)/b23-17+. The summed E-state index contributed by atoms with van der Waals surface area (Å²) in [7, 11) is 0. The molecule has 4 rings (SSSR count). The number of hydrogen-bond donors (Lipinski definition) is 1. The summed E-state index contributed by atoms with van der Waals surface area (Å²) >= 11 is 0. The minimum atomic E-state index is -0.674. The number of ether oxygens (including phenoxy) is 1. The normalized spacial score (nSPS) is 14.8. The van der Waals surface area contributed by atoms with Crippen LogP contribution in [-0.4, -0.2) is 34.3 Å². The van der Waals surface area contributed by atoms with Crippen LogP contribution in [-0.2, 0) is 11.2 Å². The highest BCUT2D eigenvalue weighted by molar-refractivity contribution is 6.45. The molecule has 8 heteroatoms. The molecule has 1 aromatic carbocycles. The summed E-state index contributed by atoms with van der Waals surface area (Å²) in [5.74, 6) is -0.376. The summed E-state index contributed by atoms with van der Waals surface area (Å²) in [6.07, 6.45) is 0.502. The third-order valence-corrected chi connectivity index (χ3v) is 4.09. The van der Waals surface area contributed by atoms with E-state index in [4.69, 9.17) is 9.26 Å². The topological polar surface area (TPSA) is 107 Å². The van der Waals surface area contributed by atoms with Crippen molar-refractivity contribution in [3.63, 3.8) is 0 Å². The van der Waals surface area contributed by atoms with Crippen LogP contribution < -0.4 is 10.1 Å². The number of benzene rings is 1. The average molecular weight is 376 g/mol. The van der Waals surface area contributed by atoms with Crippen molar-refractivity contribution in [1.82, 2.24) is 10.1 Å². The van der Waals surface area contributed by atoms with Gasteiger partial charge in [-0.1, -0.05) is 35.5 Å². The molecule has 1 aliphatic heterocycles. The maximum absolute atomic E-state index is 12.4. The Morgan fingerprint density at radius 3 is 2.86 bits per heavy atom. The first-order chi connectivity index (χ1) is 13.6. The lowest BCUT2D eigenvalue weighted by Gasteiger charge is -2.04. The van der Waals surface area contributed by atoms with E-state index in [1.165, 1.54) is 6.07 Å². The Bertz CT molecular complexity index is 1070. The zero-order valence-electron chi connectivity index (χ0n) is 15.0. The van der Waals surface area contributed by atoms with Crippen LogP contribution in [0.2, 0.25) is 0 Å². The first-order valence-corrected chi connectivity index (χ1v) is 8.62. The van der Waals surface area contributed by atoms with Gasteiger partial charge >= 0.3 is 0 Å². The fourth-order valence-electron chi connectivity index (χ4n) is 2.69. The maximum atomic E-state index is 12.4. The molecular weight excluding hydrogens is 360 g/mol. The Kier molecular flexibility index (Phi) is 4.67. The van der Waals surface area contributed by atoms with E-state index in [9.17, 15) is 9.59 Å². The van der Waals surface area contributed by atoms with E-state index in [0.29, 0.717) is 17.9 Å². The fraction of sp³-hybridized carbons (Fsp3) is 0.150. The molecule has 1 N–H and O–H groups in total. The van der Waals surface area contributed by atoms with E-state index in [0.717, 1.165) is 11.3 Å². The van der Waals surface area contributed by atoms with Gasteiger partial charge in [-0.15, -0.1) is 0 Å². The molecular formula is C20H16N4O4. The monoisotopic (exact) mass is 376 g/mol. The Hall–Kier alpha value is -3.81. The van der Waals surface area contributed by atoms with Crippen LogP contribution in [0.3, 0.4) is 0 Å². The molecule has 0 spiro atoms. The smallest absolute Gasteiger partial charge is 0.299 e. The lowest BCUT2D eigenvalue weighted by Crippen LogP contribution is -2.26. The summed E-state index contributed by atoms with van der Waals surface area (Å²) in [6, 6.07) is 14.6. The first-order valence-electron chi connectivity index (χ1n) is 8.62. The van der Waals surface area contributed by atoms with Gasteiger partial charge in [-0.05, 0) is 24.6 Å². The molecule has 0 bridgehead atoms. The fourth-order valence-corrected chi connectivity index (χ4v) is 2.69. The Labute approximate surface area is 160 Å². The average Bonchev–Trinajstić information content (AvgIpc) is 3.10. The van der Waals surface area contributed by atoms with Gasteiger partial charge in [-0.25, -0.2) is 9.98 Å². The van der Waals surface area contributed by atoms with Crippen molar-refractivity contribution in [2.24, 2.45) is 4.99 Å². The van der Waals surface area contributed by atoms with Gasteiger partial charge < -0.3 is 14.6 Å². The van der Waals surface area contributed by atoms with E-state index in [-0.39, 0.29) is 23.9 Å². The molecule has 2 aromatic heterocycles. The van der Waals surface area contributed by atoms with Crippen molar-refractivity contribution >= 4 is 23.2 Å². The Balaban J connectivity index is 1.50. The summed E-state index contributed by atoms with van der Waals surface area (Å²) in [5.41, 5.74) is 2.18. The van der Waals surface area contributed by atoms with Gasteiger partial charge in [-0.2, -0.15) is 0 Å². The molecule has 3 aromatic rings. The molecule has 8 nitrogen and oxygen atoms in total. The minimum Gasteiger partial charge on any atom is -0.469 e. The van der Waals surface area contributed by atoms with Gasteiger partial charge in [-0.3, -0.25) is 9.59 Å². The van der Waals surface area contributed by atoms with E-state index >= 15 is 0 Å². The molecule has 0 unspecified atom stereocenters. The van der Waals surface area contributed by atoms with Crippen LogP contribution in [0, 0.1) is 6.92 Å². The predicted octanol–water partition coefficient (Wildman–Crippen LogP) is 2.58. The quantitative estimate of drug-likeness (QED) is 0.753. The number of aryl methyl sites for hydroxylation is 1. The van der Waals surface area contributed by atoms with Gasteiger partial charge in [0.1, 0.15) is 23.8 Å². The number of carbonyl (C=O) groups is 2. The van der Waals surface area contributed by atoms with E-state index in [2.05, 4.69) is 20.4 Å². The van der Waals surface area contributed by atoms with Crippen LogP contribution in [0.15, 0.2) is 58.0 Å². The molecule has 140 valence electrons. The third kappa shape index (κ3) is 3.80. The Morgan fingerprint density at radius 1 is 1.21 bits per heavy atom. The van der Waals surface area contributed by atoms with Crippen molar-refractivity contribution in [2.75, 3.05) is 11.9 Å². The second-order valence-electron chi connectivity index (χ2n) is 6.25. The lowest BCUT2D eigenvalue weighted by molar-refractivity contribution is -0.110. The summed E-state index contributed by atoms with van der Waals surface area (Å²) in [5, 5.41) is 6.40. The lowest BCUT2D eigenvalue weighted by atomic mass is 10.1. The molecule has 1 aliphatic rings. The molecule has 0 radical (unpaired) electrons. The van der Waals surface area contributed by atoms with E-state index in [1.54, 1.807) is 12.1 Å². The van der Waals surface area contributed by atoms with E-state index < -0.39 is 11.8 Å². The number of aromatic nitrogens is 2. The zero-order valence-corrected chi connectivity index (χ0v) is 15.0. The van der Waals surface area contributed by atoms with Crippen molar-refractivity contribution in [3.8, 4) is 5.88 Å². The van der Waals surface area contributed by atoms with Crippen molar-refractivity contribution in [1.29, 1.82) is 0 Å². The van der Waals surface area contributed by atoms with Crippen molar-refractivity contribution in [2.45, 2.75) is 13.3 Å². The molecule has 0 fully saturated rings. The number of hydrogen-bond acceptors (Lipinski definition) is 6. The Morgan fingerprint density at radius 2 is 2.04 bits per heavy atom. The molecule has 0 saturated heterocycles. The number of amides is 2. The van der Waals surface area contributed by atoms with Crippen molar-refractivity contribution in [3.05, 3.63) is 71.2 Å². The van der Waals surface area contributed by atoms with Crippen LogP contribution in [0.5, 0.6) is 5.88 Å². The minimum absolute atomic E-state index is 0.0296. The van der Waals surface area contributed by atoms with E-state index in [1.807, 2.05) is 37.3 Å². The number of aliphatic imine (C=N–C) groups is 1. The largest absolute Gasteiger partial charge is 0.469 e. The molecule has 2 amide bonds. The molecule has 28 heavy (non-hydrogen) atoms. The van der Waals surface area contributed by atoms with Crippen LogP contribution in [0.25, 0.3) is 0 Å². The van der Waals surface area contributed by atoms with Crippen molar-refractivity contribution < 1.29 is 18.8 Å². The van der Waals surface area contributed by atoms with Gasteiger partial charge in [0.15, 0.2) is 5.69 Å². The number of fused-ring (bicyclic) bond motifs is 1. The molecule has 0 aliphatic carbocycles. The highest BCUT2D eigenvalue weighted by atomic mass is 16.5. The highest BCUT2D eigenvalue weighted by Gasteiger charge is 2.23. The van der Waals surface area contributed by atoms with Gasteiger partial charge in [0.2, 0.25) is 5.88 Å². The second-order valence-corrected chi connectivity index (χ2v) is 6.25. The number of nitrogens with zero attached hydrogens (tertiary/aromatic N) is 3. The molecule has 3 heterocycles. The SMILES string of the molecule is Cc1ccc2c(n1)OC/C(=N\C(=O)c1cc(Cc3ccccc3)on1)C(=O)N2. The maximum Gasteiger partial charge on any atom is 0.299 e. The number of rotatable bonds is 3.